The van der Waals surface area contributed by atoms with Gasteiger partial charge in [0.2, 0.25) is 5.88 Å². The lowest BCUT2D eigenvalue weighted by Gasteiger charge is -2.16. The third-order valence-corrected chi connectivity index (χ3v) is 2.84. The van der Waals surface area contributed by atoms with Gasteiger partial charge in [-0.25, -0.2) is 4.98 Å². The Morgan fingerprint density at radius 3 is 2.84 bits per heavy atom. The molecule has 0 saturated heterocycles. The molecule has 102 valence electrons. The van der Waals surface area contributed by atoms with Crippen LogP contribution in [0.4, 0.5) is 0 Å². The Morgan fingerprint density at radius 2 is 2.11 bits per heavy atom. The molecule has 1 heterocycles. The number of hydrogen-bond donors (Lipinski definition) is 1. The molecule has 0 aliphatic carbocycles. The first-order chi connectivity index (χ1) is 9.24. The molecule has 0 spiro atoms. The van der Waals surface area contributed by atoms with Gasteiger partial charge in [0.25, 0.3) is 0 Å². The summed E-state index contributed by atoms with van der Waals surface area (Å²) in [6, 6.07) is 10.0. The Morgan fingerprint density at radius 1 is 1.32 bits per heavy atom. The second-order valence-electron chi connectivity index (χ2n) is 4.43. The summed E-state index contributed by atoms with van der Waals surface area (Å²) in [6.45, 7) is 5.59. The fourth-order valence-corrected chi connectivity index (χ4v) is 1.92. The van der Waals surface area contributed by atoms with Crippen molar-refractivity contribution in [2.75, 3.05) is 13.2 Å². The van der Waals surface area contributed by atoms with Crippen molar-refractivity contribution in [3.63, 3.8) is 0 Å². The number of fused-ring (bicyclic) bond motifs is 1. The molecule has 2 N–H and O–H groups in total. The van der Waals surface area contributed by atoms with E-state index in [1.165, 1.54) is 0 Å². The zero-order valence-corrected chi connectivity index (χ0v) is 11.4. The Kier molecular flexibility index (Phi) is 4.71. The molecule has 0 amide bonds. The van der Waals surface area contributed by atoms with Gasteiger partial charge in [-0.05, 0) is 31.4 Å². The Labute approximate surface area is 113 Å². The first kappa shape index (κ1) is 13.8. The number of aromatic nitrogens is 1. The topological polar surface area (TPSA) is 57.4 Å². The van der Waals surface area contributed by atoms with Crippen LogP contribution in [0.15, 0.2) is 30.3 Å². The number of nitrogens with two attached hydrogens (primary N) is 1. The fraction of sp³-hybridized carbons (Fsp3) is 0.400. The highest BCUT2D eigenvalue weighted by Gasteiger charge is 2.10. The molecule has 4 nitrogen and oxygen atoms in total. The lowest BCUT2D eigenvalue weighted by molar-refractivity contribution is 0.0641. The van der Waals surface area contributed by atoms with Crippen LogP contribution in [0, 0.1) is 0 Å². The SMILES string of the molecule is CCOCC(C)Oc1nc(CN)cc2ccccc12. The second kappa shape index (κ2) is 6.50. The van der Waals surface area contributed by atoms with Gasteiger partial charge in [-0.15, -0.1) is 0 Å². The summed E-state index contributed by atoms with van der Waals surface area (Å²) in [4.78, 5) is 4.46. The van der Waals surface area contributed by atoms with Crippen molar-refractivity contribution in [3.8, 4) is 5.88 Å². The van der Waals surface area contributed by atoms with Crippen LogP contribution in [0.2, 0.25) is 0 Å². The molecule has 0 fully saturated rings. The first-order valence-electron chi connectivity index (χ1n) is 6.57. The average molecular weight is 260 g/mol. The Hall–Kier alpha value is -1.65. The summed E-state index contributed by atoms with van der Waals surface area (Å²) in [7, 11) is 0. The monoisotopic (exact) mass is 260 g/mol. The van der Waals surface area contributed by atoms with Gasteiger partial charge in [0.15, 0.2) is 0 Å². The maximum absolute atomic E-state index is 5.88. The van der Waals surface area contributed by atoms with Gasteiger partial charge in [-0.3, -0.25) is 0 Å². The molecule has 0 bridgehead atoms. The molecule has 4 heteroatoms. The van der Waals surface area contributed by atoms with Crippen molar-refractivity contribution in [2.24, 2.45) is 5.73 Å². The van der Waals surface area contributed by atoms with E-state index in [0.29, 0.717) is 25.6 Å². The Bertz CT molecular complexity index is 543. The predicted molar refractivity (Wildman–Crippen MR) is 76.2 cm³/mol. The highest BCUT2D eigenvalue weighted by molar-refractivity contribution is 5.87. The molecule has 0 aliphatic rings. The van der Waals surface area contributed by atoms with Gasteiger partial charge in [0.1, 0.15) is 6.10 Å². The molecule has 0 saturated carbocycles. The van der Waals surface area contributed by atoms with E-state index in [1.807, 2.05) is 44.2 Å². The van der Waals surface area contributed by atoms with Crippen LogP contribution in [-0.4, -0.2) is 24.3 Å². The maximum Gasteiger partial charge on any atom is 0.221 e. The van der Waals surface area contributed by atoms with E-state index >= 15 is 0 Å². The van der Waals surface area contributed by atoms with E-state index in [-0.39, 0.29) is 6.10 Å². The smallest absolute Gasteiger partial charge is 0.221 e. The first-order valence-corrected chi connectivity index (χ1v) is 6.57. The van der Waals surface area contributed by atoms with Gasteiger partial charge < -0.3 is 15.2 Å². The molecule has 1 aromatic carbocycles. The van der Waals surface area contributed by atoms with Crippen LogP contribution in [0.1, 0.15) is 19.5 Å². The fourth-order valence-electron chi connectivity index (χ4n) is 1.92. The van der Waals surface area contributed by atoms with Crippen LogP contribution in [-0.2, 0) is 11.3 Å². The number of pyridine rings is 1. The van der Waals surface area contributed by atoms with Crippen LogP contribution in [0.5, 0.6) is 5.88 Å². The standard InChI is InChI=1S/C15H20N2O2/c1-3-18-10-11(2)19-15-14-7-5-4-6-12(14)8-13(9-16)17-15/h4-8,11H,3,9-10,16H2,1-2H3. The molecular weight excluding hydrogens is 240 g/mol. The number of rotatable bonds is 6. The second-order valence-corrected chi connectivity index (χ2v) is 4.43. The summed E-state index contributed by atoms with van der Waals surface area (Å²) in [5.74, 6) is 0.630. The maximum atomic E-state index is 5.88. The molecular formula is C15H20N2O2. The number of benzene rings is 1. The van der Waals surface area contributed by atoms with E-state index in [0.717, 1.165) is 16.5 Å². The van der Waals surface area contributed by atoms with Gasteiger partial charge in [0, 0.05) is 18.5 Å². The quantitative estimate of drug-likeness (QED) is 0.867. The zero-order valence-electron chi connectivity index (χ0n) is 11.4. The minimum atomic E-state index is -0.0381. The zero-order chi connectivity index (χ0) is 13.7. The predicted octanol–water partition coefficient (Wildman–Crippen LogP) is 2.50. The van der Waals surface area contributed by atoms with E-state index in [2.05, 4.69) is 4.98 Å². The van der Waals surface area contributed by atoms with Crippen LogP contribution >= 0.6 is 0 Å². The molecule has 1 atom stereocenters. The van der Waals surface area contributed by atoms with Crippen molar-refractivity contribution in [3.05, 3.63) is 36.0 Å². The van der Waals surface area contributed by atoms with E-state index in [4.69, 9.17) is 15.2 Å². The lowest BCUT2D eigenvalue weighted by atomic mass is 10.1. The number of nitrogens with zero attached hydrogens (tertiary/aromatic N) is 1. The highest BCUT2D eigenvalue weighted by atomic mass is 16.5. The van der Waals surface area contributed by atoms with E-state index in [1.54, 1.807) is 0 Å². The van der Waals surface area contributed by atoms with Crippen molar-refractivity contribution in [1.29, 1.82) is 0 Å². The minimum absolute atomic E-state index is 0.0381. The molecule has 0 aliphatic heterocycles. The van der Waals surface area contributed by atoms with Gasteiger partial charge in [-0.1, -0.05) is 18.2 Å². The molecule has 0 radical (unpaired) electrons. The third kappa shape index (κ3) is 3.43. The van der Waals surface area contributed by atoms with Gasteiger partial charge >= 0.3 is 0 Å². The Balaban J connectivity index is 2.29. The number of ether oxygens (including phenoxy) is 2. The van der Waals surface area contributed by atoms with Gasteiger partial charge in [0.05, 0.1) is 12.3 Å². The highest BCUT2D eigenvalue weighted by Crippen LogP contribution is 2.25. The van der Waals surface area contributed by atoms with Crippen LogP contribution in [0.3, 0.4) is 0 Å². The lowest BCUT2D eigenvalue weighted by Crippen LogP contribution is -2.20. The van der Waals surface area contributed by atoms with Crippen LogP contribution in [0.25, 0.3) is 10.8 Å². The molecule has 2 rings (SSSR count). The van der Waals surface area contributed by atoms with E-state index in [9.17, 15) is 0 Å². The van der Waals surface area contributed by atoms with E-state index < -0.39 is 0 Å². The summed E-state index contributed by atoms with van der Waals surface area (Å²) < 4.78 is 11.2. The van der Waals surface area contributed by atoms with Crippen molar-refractivity contribution < 1.29 is 9.47 Å². The van der Waals surface area contributed by atoms with Crippen LogP contribution < -0.4 is 10.5 Å². The van der Waals surface area contributed by atoms with Crippen molar-refractivity contribution >= 4 is 10.8 Å². The third-order valence-electron chi connectivity index (χ3n) is 2.84. The van der Waals surface area contributed by atoms with Crippen molar-refractivity contribution in [1.82, 2.24) is 4.98 Å². The summed E-state index contributed by atoms with van der Waals surface area (Å²) in [6.07, 6.45) is -0.0381. The summed E-state index contributed by atoms with van der Waals surface area (Å²) >= 11 is 0. The molecule has 1 unspecified atom stereocenters. The molecule has 2 aromatic rings. The largest absolute Gasteiger partial charge is 0.472 e. The average Bonchev–Trinajstić information content (AvgIpc) is 2.44. The minimum Gasteiger partial charge on any atom is -0.472 e. The molecule has 19 heavy (non-hydrogen) atoms. The molecule has 1 aromatic heterocycles. The summed E-state index contributed by atoms with van der Waals surface area (Å²) in [5.41, 5.74) is 6.51. The van der Waals surface area contributed by atoms with Gasteiger partial charge in [-0.2, -0.15) is 0 Å². The summed E-state index contributed by atoms with van der Waals surface area (Å²) in [5, 5.41) is 2.10. The van der Waals surface area contributed by atoms with Crippen molar-refractivity contribution in [2.45, 2.75) is 26.5 Å². The number of hydrogen-bond acceptors (Lipinski definition) is 4. The normalized spacial score (nSPS) is 12.6.